The van der Waals surface area contributed by atoms with Crippen LogP contribution in [0.3, 0.4) is 0 Å². The van der Waals surface area contributed by atoms with E-state index >= 15 is 0 Å². The Morgan fingerprint density at radius 1 is 1.30 bits per heavy atom. The van der Waals surface area contributed by atoms with Gasteiger partial charge in [-0.15, -0.1) is 0 Å². The van der Waals surface area contributed by atoms with E-state index in [9.17, 15) is 0 Å². The van der Waals surface area contributed by atoms with Gasteiger partial charge in [-0.2, -0.15) is 0 Å². The fourth-order valence-electron chi connectivity index (χ4n) is 2.57. The van der Waals surface area contributed by atoms with Crippen molar-refractivity contribution in [1.29, 1.82) is 0 Å². The van der Waals surface area contributed by atoms with Crippen LogP contribution < -0.4 is 0 Å². The monoisotopic (exact) mass is 305 g/mol. The summed E-state index contributed by atoms with van der Waals surface area (Å²) in [6, 6.07) is 0.892. The summed E-state index contributed by atoms with van der Waals surface area (Å²) in [5.74, 6) is 0. The molecule has 6 heteroatoms. The third-order valence-corrected chi connectivity index (χ3v) is 6.52. The van der Waals surface area contributed by atoms with Gasteiger partial charge in [-0.3, -0.25) is 0 Å². The second-order valence-electron chi connectivity index (χ2n) is 5.70. The molecule has 0 aromatic heterocycles. The van der Waals surface area contributed by atoms with E-state index in [0.717, 1.165) is 45.1 Å². The molecule has 0 saturated carbocycles. The smallest absolute Gasteiger partial charge is 0.379 e. The summed E-state index contributed by atoms with van der Waals surface area (Å²) >= 11 is 0. The average Bonchev–Trinajstić information content (AvgIpc) is 2.39. The van der Waals surface area contributed by atoms with Crippen molar-refractivity contribution < 1.29 is 18.0 Å². The minimum absolute atomic E-state index is 0.146. The topological polar surface area (TPSA) is 40.2 Å². The summed E-state index contributed by atoms with van der Waals surface area (Å²) in [5.41, 5.74) is 0. The highest BCUT2D eigenvalue weighted by molar-refractivity contribution is 6.60. The first-order valence-electron chi connectivity index (χ1n) is 7.63. The van der Waals surface area contributed by atoms with Crippen LogP contribution in [0, 0.1) is 0 Å². The van der Waals surface area contributed by atoms with E-state index in [1.807, 2.05) is 0 Å². The Morgan fingerprint density at radius 3 is 2.60 bits per heavy atom. The largest absolute Gasteiger partial charge is 0.500 e. The first-order valence-corrected chi connectivity index (χ1v) is 9.56. The fourth-order valence-corrected chi connectivity index (χ4v) is 4.73. The number of hydrogen-bond acceptors (Lipinski definition) is 5. The summed E-state index contributed by atoms with van der Waals surface area (Å²) < 4.78 is 22.8. The number of nitrogens with zero attached hydrogens (tertiary/aromatic N) is 1. The zero-order chi connectivity index (χ0) is 15.0. The molecule has 0 N–H and O–H groups in total. The van der Waals surface area contributed by atoms with Crippen molar-refractivity contribution >= 4 is 8.80 Å². The lowest BCUT2D eigenvalue weighted by molar-refractivity contribution is 0.0282. The van der Waals surface area contributed by atoms with Gasteiger partial charge >= 0.3 is 8.80 Å². The first kappa shape index (κ1) is 18.1. The van der Waals surface area contributed by atoms with Gasteiger partial charge in [0.1, 0.15) is 0 Å². The second-order valence-corrected chi connectivity index (χ2v) is 8.62. The van der Waals surface area contributed by atoms with E-state index in [1.165, 1.54) is 0 Å². The van der Waals surface area contributed by atoms with E-state index in [-0.39, 0.29) is 6.10 Å². The molecule has 5 nitrogen and oxygen atoms in total. The van der Waals surface area contributed by atoms with Gasteiger partial charge in [-0.1, -0.05) is 0 Å². The molecule has 0 aromatic rings. The molecule has 20 heavy (non-hydrogen) atoms. The summed E-state index contributed by atoms with van der Waals surface area (Å²) in [4.78, 5) is 2.46. The maximum absolute atomic E-state index is 6.07. The van der Waals surface area contributed by atoms with Gasteiger partial charge in [0, 0.05) is 40.0 Å². The SMILES string of the molecule is CO[Si]1(OC)CCCN(CCCOC(C)C)CC(C)O1. The molecule has 1 atom stereocenters. The number of ether oxygens (including phenoxy) is 1. The Labute approximate surface area is 124 Å². The molecule has 120 valence electrons. The highest BCUT2D eigenvalue weighted by Gasteiger charge is 2.41. The van der Waals surface area contributed by atoms with Gasteiger partial charge in [-0.25, -0.2) is 0 Å². The van der Waals surface area contributed by atoms with Gasteiger partial charge in [0.25, 0.3) is 0 Å². The van der Waals surface area contributed by atoms with Crippen molar-refractivity contribution in [3.05, 3.63) is 0 Å². The lowest BCUT2D eigenvalue weighted by atomic mass is 10.3. The summed E-state index contributed by atoms with van der Waals surface area (Å²) in [7, 11) is 0.989. The number of rotatable bonds is 7. The quantitative estimate of drug-likeness (QED) is 0.532. The molecule has 1 saturated heterocycles. The van der Waals surface area contributed by atoms with Crippen LogP contribution in [0.4, 0.5) is 0 Å². The Hall–Kier alpha value is 0.0169. The lowest BCUT2D eigenvalue weighted by Crippen LogP contribution is -2.51. The van der Waals surface area contributed by atoms with Crippen molar-refractivity contribution in [3.63, 3.8) is 0 Å². The number of hydrogen-bond donors (Lipinski definition) is 0. The second kappa shape index (κ2) is 9.12. The Balaban J connectivity index is 2.36. The van der Waals surface area contributed by atoms with Crippen molar-refractivity contribution in [3.8, 4) is 0 Å². The molecule has 0 radical (unpaired) electrons. The Bertz CT molecular complexity index is 262. The molecule has 0 aromatic carbocycles. The lowest BCUT2D eigenvalue weighted by Gasteiger charge is -2.35. The van der Waals surface area contributed by atoms with Crippen molar-refractivity contribution in [2.45, 2.75) is 51.9 Å². The first-order chi connectivity index (χ1) is 9.51. The molecule has 0 amide bonds. The molecular weight excluding hydrogens is 274 g/mol. The van der Waals surface area contributed by atoms with Gasteiger partial charge < -0.3 is 22.9 Å². The van der Waals surface area contributed by atoms with E-state index in [1.54, 1.807) is 14.2 Å². The standard InChI is InChI=1S/C14H31NO4Si/c1-13(2)18-10-6-8-15-9-7-11-20(16-4,17-5)19-14(3)12-15/h13-14H,6-12H2,1-5H3. The molecule has 0 spiro atoms. The van der Waals surface area contributed by atoms with Crippen LogP contribution in [-0.2, 0) is 18.0 Å². The van der Waals surface area contributed by atoms with Gasteiger partial charge in [0.2, 0.25) is 0 Å². The summed E-state index contributed by atoms with van der Waals surface area (Å²) in [6.07, 6.45) is 2.60. The zero-order valence-corrected chi connectivity index (χ0v) is 14.7. The minimum atomic E-state index is -2.41. The summed E-state index contributed by atoms with van der Waals surface area (Å²) in [5, 5.41) is 0. The third kappa shape index (κ3) is 6.20. The van der Waals surface area contributed by atoms with Crippen LogP contribution in [0.1, 0.15) is 33.6 Å². The highest BCUT2D eigenvalue weighted by Crippen LogP contribution is 2.21. The van der Waals surface area contributed by atoms with E-state index in [4.69, 9.17) is 18.0 Å². The van der Waals surface area contributed by atoms with E-state index in [0.29, 0.717) is 6.10 Å². The normalized spacial score (nSPS) is 24.6. The van der Waals surface area contributed by atoms with Crippen molar-refractivity contribution in [2.75, 3.05) is 40.5 Å². The molecule has 1 fully saturated rings. The molecule has 1 heterocycles. The van der Waals surface area contributed by atoms with Gasteiger partial charge in [0.05, 0.1) is 12.2 Å². The minimum Gasteiger partial charge on any atom is -0.379 e. The molecule has 0 aliphatic carbocycles. The third-order valence-electron chi connectivity index (χ3n) is 3.55. The van der Waals surface area contributed by atoms with Gasteiger partial charge in [0.15, 0.2) is 0 Å². The van der Waals surface area contributed by atoms with E-state index < -0.39 is 8.80 Å². The predicted molar refractivity (Wildman–Crippen MR) is 81.9 cm³/mol. The fraction of sp³-hybridized carbons (Fsp3) is 1.00. The molecule has 0 bridgehead atoms. The molecular formula is C14H31NO4Si. The zero-order valence-electron chi connectivity index (χ0n) is 13.7. The predicted octanol–water partition coefficient (Wildman–Crippen LogP) is 2.14. The Morgan fingerprint density at radius 2 is 2.00 bits per heavy atom. The maximum Gasteiger partial charge on any atom is 0.500 e. The average molecular weight is 305 g/mol. The van der Waals surface area contributed by atoms with E-state index in [2.05, 4.69) is 25.7 Å². The molecule has 1 aliphatic rings. The van der Waals surface area contributed by atoms with Crippen molar-refractivity contribution in [2.24, 2.45) is 0 Å². The Kier molecular flexibility index (Phi) is 8.24. The molecule has 1 rings (SSSR count). The van der Waals surface area contributed by atoms with Crippen LogP contribution in [0.15, 0.2) is 0 Å². The van der Waals surface area contributed by atoms with Crippen LogP contribution in [0.5, 0.6) is 0 Å². The molecule has 1 unspecified atom stereocenters. The van der Waals surface area contributed by atoms with Crippen LogP contribution in [-0.4, -0.2) is 66.4 Å². The molecule has 1 aliphatic heterocycles. The van der Waals surface area contributed by atoms with Crippen LogP contribution in [0.25, 0.3) is 0 Å². The van der Waals surface area contributed by atoms with Gasteiger partial charge in [-0.05, 0) is 40.2 Å². The van der Waals surface area contributed by atoms with Crippen LogP contribution >= 0.6 is 0 Å². The summed E-state index contributed by atoms with van der Waals surface area (Å²) in [6.45, 7) is 10.2. The van der Waals surface area contributed by atoms with Crippen LogP contribution in [0.2, 0.25) is 6.04 Å². The highest BCUT2D eigenvalue weighted by atomic mass is 28.4. The van der Waals surface area contributed by atoms with Crippen molar-refractivity contribution in [1.82, 2.24) is 4.90 Å². The maximum atomic E-state index is 6.07.